The van der Waals surface area contributed by atoms with Crippen molar-refractivity contribution in [3.63, 3.8) is 0 Å². The molecule has 5 heteroatoms. The van der Waals surface area contributed by atoms with E-state index in [1.165, 1.54) is 6.08 Å². The van der Waals surface area contributed by atoms with Gasteiger partial charge in [0.1, 0.15) is 11.9 Å². The Labute approximate surface area is 114 Å². The number of nitrogens with one attached hydrogen (secondary N) is 1. The molecule has 0 radical (unpaired) electrons. The first-order valence-electron chi connectivity index (χ1n) is 6.51. The molecule has 0 bridgehead atoms. The smallest absolute Gasteiger partial charge is 0.217 e. The molecule has 0 amide bonds. The second-order valence-corrected chi connectivity index (χ2v) is 5.64. The maximum Gasteiger partial charge on any atom is 0.217 e. The summed E-state index contributed by atoms with van der Waals surface area (Å²) >= 11 is 0. The number of aliphatic hydroxyl groups is 1. The zero-order valence-electron chi connectivity index (χ0n) is 12.1. The van der Waals surface area contributed by atoms with Crippen LogP contribution < -0.4 is 11.1 Å². The fourth-order valence-electron chi connectivity index (χ4n) is 1.94. The standard InChI is InChI=1S/C14H24FN3O/c1-10-9-12(15)5-6-13(10)17-14(16)18(3,4)11(2)7-8-19/h5-8,10-11,14,17H,9,16H2,1-4H3/p+1. The number of hydrogen-bond donors (Lipinski definition) is 3. The Morgan fingerprint density at radius 3 is 2.68 bits per heavy atom. The van der Waals surface area contributed by atoms with E-state index in [2.05, 4.69) is 5.32 Å². The number of allylic oxidation sites excluding steroid dienone is 4. The summed E-state index contributed by atoms with van der Waals surface area (Å²) < 4.78 is 13.6. The number of hydrogen-bond acceptors (Lipinski definition) is 3. The Kier molecular flexibility index (Phi) is 5.14. The van der Waals surface area contributed by atoms with Crippen LogP contribution in [-0.2, 0) is 0 Å². The molecule has 0 heterocycles. The summed E-state index contributed by atoms with van der Waals surface area (Å²) in [5.74, 6) is -0.00306. The average Bonchev–Trinajstić information content (AvgIpc) is 2.32. The molecule has 108 valence electrons. The Hall–Kier alpha value is -1.33. The molecule has 0 aromatic rings. The first-order chi connectivity index (χ1) is 8.78. The van der Waals surface area contributed by atoms with Crippen LogP contribution in [0.3, 0.4) is 0 Å². The normalized spacial score (nSPS) is 23.8. The van der Waals surface area contributed by atoms with Crippen molar-refractivity contribution in [2.24, 2.45) is 11.7 Å². The summed E-state index contributed by atoms with van der Waals surface area (Å²) in [6.45, 7) is 3.95. The van der Waals surface area contributed by atoms with E-state index in [9.17, 15) is 4.39 Å². The zero-order chi connectivity index (χ0) is 14.6. The van der Waals surface area contributed by atoms with E-state index >= 15 is 0 Å². The van der Waals surface area contributed by atoms with Crippen LogP contribution in [0.5, 0.6) is 0 Å². The van der Waals surface area contributed by atoms with Crippen molar-refractivity contribution in [1.82, 2.24) is 5.32 Å². The highest BCUT2D eigenvalue weighted by molar-refractivity contribution is 5.22. The highest BCUT2D eigenvalue weighted by atomic mass is 19.1. The number of rotatable bonds is 5. The highest BCUT2D eigenvalue weighted by Gasteiger charge is 2.31. The van der Waals surface area contributed by atoms with Crippen molar-refractivity contribution < 1.29 is 14.0 Å². The second-order valence-electron chi connectivity index (χ2n) is 5.64. The Morgan fingerprint density at radius 1 is 1.53 bits per heavy atom. The van der Waals surface area contributed by atoms with Gasteiger partial charge in [-0.1, -0.05) is 6.92 Å². The Bertz CT molecular complexity index is 401. The molecular weight excluding hydrogens is 245 g/mol. The molecule has 3 atom stereocenters. The molecule has 1 aliphatic rings. The van der Waals surface area contributed by atoms with E-state index in [4.69, 9.17) is 10.8 Å². The molecule has 1 aliphatic carbocycles. The zero-order valence-corrected chi connectivity index (χ0v) is 12.1. The molecule has 0 aliphatic heterocycles. The lowest BCUT2D eigenvalue weighted by Gasteiger charge is -2.41. The van der Waals surface area contributed by atoms with Crippen LogP contribution in [0.25, 0.3) is 0 Å². The van der Waals surface area contributed by atoms with Crippen molar-refractivity contribution in [1.29, 1.82) is 0 Å². The summed E-state index contributed by atoms with van der Waals surface area (Å²) in [5, 5.41) is 12.1. The third kappa shape index (κ3) is 3.81. The predicted octanol–water partition coefficient (Wildman–Crippen LogP) is 2.13. The van der Waals surface area contributed by atoms with Gasteiger partial charge in [0, 0.05) is 24.1 Å². The summed E-state index contributed by atoms with van der Waals surface area (Å²) in [7, 11) is 3.96. The van der Waals surface area contributed by atoms with Gasteiger partial charge in [-0.15, -0.1) is 0 Å². The van der Waals surface area contributed by atoms with Gasteiger partial charge in [0.05, 0.1) is 20.4 Å². The van der Waals surface area contributed by atoms with E-state index < -0.39 is 0 Å². The molecule has 0 aromatic heterocycles. The lowest BCUT2D eigenvalue weighted by atomic mass is 9.98. The third-order valence-electron chi connectivity index (χ3n) is 3.92. The van der Waals surface area contributed by atoms with Crippen molar-refractivity contribution >= 4 is 0 Å². The fraction of sp³-hybridized carbons (Fsp3) is 0.571. The van der Waals surface area contributed by atoms with Gasteiger partial charge in [-0.3, -0.25) is 10.2 Å². The van der Waals surface area contributed by atoms with Crippen molar-refractivity contribution in [3.05, 3.63) is 36.0 Å². The Morgan fingerprint density at radius 2 is 2.16 bits per heavy atom. The lowest BCUT2D eigenvalue weighted by Crippen LogP contribution is -2.64. The number of aliphatic hydroxyl groups excluding tert-OH is 1. The van der Waals surface area contributed by atoms with E-state index in [-0.39, 0.29) is 24.1 Å². The Balaban J connectivity index is 2.76. The van der Waals surface area contributed by atoms with E-state index in [0.29, 0.717) is 10.9 Å². The van der Waals surface area contributed by atoms with E-state index in [0.717, 1.165) is 12.0 Å². The van der Waals surface area contributed by atoms with Crippen molar-refractivity contribution in [3.8, 4) is 0 Å². The minimum Gasteiger partial charge on any atom is -0.516 e. The first-order valence-corrected chi connectivity index (χ1v) is 6.51. The first kappa shape index (κ1) is 15.7. The van der Waals surface area contributed by atoms with Crippen molar-refractivity contribution in [2.75, 3.05) is 14.1 Å². The van der Waals surface area contributed by atoms with Gasteiger partial charge in [-0.05, 0) is 19.1 Å². The molecule has 0 saturated heterocycles. The molecule has 1 rings (SSSR count). The molecule has 19 heavy (non-hydrogen) atoms. The summed E-state index contributed by atoms with van der Waals surface area (Å²) in [6.07, 6.45) is 6.03. The minimum absolute atomic E-state index is 0.0549. The van der Waals surface area contributed by atoms with Crippen LogP contribution in [0.2, 0.25) is 0 Å². The summed E-state index contributed by atoms with van der Waals surface area (Å²) in [4.78, 5) is 0. The van der Waals surface area contributed by atoms with E-state index in [1.807, 2.05) is 27.9 Å². The maximum atomic E-state index is 13.1. The highest BCUT2D eigenvalue weighted by Crippen LogP contribution is 2.24. The number of nitrogens with two attached hydrogens (primary N) is 1. The molecule has 4 nitrogen and oxygen atoms in total. The van der Waals surface area contributed by atoms with Crippen LogP contribution in [0.1, 0.15) is 20.3 Å². The lowest BCUT2D eigenvalue weighted by molar-refractivity contribution is -0.933. The predicted molar refractivity (Wildman–Crippen MR) is 75.5 cm³/mol. The van der Waals surface area contributed by atoms with Crippen LogP contribution >= 0.6 is 0 Å². The van der Waals surface area contributed by atoms with Gasteiger partial charge in [-0.25, -0.2) is 4.39 Å². The van der Waals surface area contributed by atoms with Crippen LogP contribution in [0.15, 0.2) is 36.0 Å². The average molecular weight is 270 g/mol. The van der Waals surface area contributed by atoms with Crippen LogP contribution in [0.4, 0.5) is 4.39 Å². The molecule has 0 aromatic carbocycles. The number of nitrogens with zero attached hydrogens (tertiary/aromatic N) is 1. The molecule has 3 unspecified atom stereocenters. The molecular formula is C14H25FN3O+. The number of quaternary nitrogens is 1. The van der Waals surface area contributed by atoms with Gasteiger partial charge in [-0.2, -0.15) is 0 Å². The molecule has 0 saturated carbocycles. The largest absolute Gasteiger partial charge is 0.516 e. The number of likely N-dealkylation sites (N-methyl/N-ethyl adjacent to an activating group) is 1. The monoisotopic (exact) mass is 270 g/mol. The van der Waals surface area contributed by atoms with Crippen LogP contribution in [0, 0.1) is 5.92 Å². The maximum absolute atomic E-state index is 13.1. The third-order valence-corrected chi connectivity index (χ3v) is 3.92. The summed E-state index contributed by atoms with van der Waals surface area (Å²) in [5.41, 5.74) is 7.15. The van der Waals surface area contributed by atoms with Gasteiger partial charge >= 0.3 is 0 Å². The molecule has 4 N–H and O–H groups in total. The van der Waals surface area contributed by atoms with Gasteiger partial charge in [0.15, 0.2) is 0 Å². The quantitative estimate of drug-likeness (QED) is 0.407. The van der Waals surface area contributed by atoms with Crippen molar-refractivity contribution in [2.45, 2.75) is 32.6 Å². The van der Waals surface area contributed by atoms with E-state index in [1.54, 1.807) is 12.2 Å². The van der Waals surface area contributed by atoms with Gasteiger partial charge < -0.3 is 10.4 Å². The molecule has 0 spiro atoms. The fourth-order valence-corrected chi connectivity index (χ4v) is 1.94. The summed E-state index contributed by atoms with van der Waals surface area (Å²) in [6, 6.07) is 0.0549. The molecule has 0 fully saturated rings. The van der Waals surface area contributed by atoms with Gasteiger partial charge in [0.2, 0.25) is 6.29 Å². The number of halogens is 1. The SMILES string of the molecule is CC1CC(F)=CC=C1NC(N)[N+](C)(C)C(C)C=CO. The minimum atomic E-state index is -0.338. The topological polar surface area (TPSA) is 58.3 Å². The van der Waals surface area contributed by atoms with Crippen LogP contribution in [-0.4, -0.2) is 36.0 Å². The second kappa shape index (κ2) is 6.21. The van der Waals surface area contributed by atoms with Gasteiger partial charge in [0.25, 0.3) is 0 Å².